The molecule has 2 heterocycles. The van der Waals surface area contributed by atoms with Gasteiger partial charge in [-0.2, -0.15) is 0 Å². The summed E-state index contributed by atoms with van der Waals surface area (Å²) >= 11 is 0. The predicted octanol–water partition coefficient (Wildman–Crippen LogP) is 2.19. The average molecular weight is 271 g/mol. The van der Waals surface area contributed by atoms with E-state index in [1.165, 1.54) is 5.56 Å². The molecule has 2 atom stereocenters. The van der Waals surface area contributed by atoms with E-state index in [9.17, 15) is 0 Å². The van der Waals surface area contributed by atoms with Crippen molar-refractivity contribution >= 4 is 0 Å². The van der Waals surface area contributed by atoms with Crippen LogP contribution in [0.4, 0.5) is 0 Å². The number of morpholine rings is 1. The first-order chi connectivity index (χ1) is 9.86. The maximum Gasteiger partial charge on any atom is 0.0952 e. The third-order valence-electron chi connectivity index (χ3n) is 4.07. The van der Waals surface area contributed by atoms with Crippen molar-refractivity contribution in [1.29, 1.82) is 0 Å². The zero-order valence-corrected chi connectivity index (χ0v) is 11.9. The molecule has 4 nitrogen and oxygen atoms in total. The van der Waals surface area contributed by atoms with Crippen molar-refractivity contribution in [2.24, 2.45) is 0 Å². The molecule has 1 fully saturated rings. The van der Waals surface area contributed by atoms with E-state index in [2.05, 4.69) is 57.9 Å². The standard InChI is InChI=1S/C16H21N3O/c1-14(18-9-11-20-12-10-18)16(19-8-7-17-13-19)15-5-3-2-4-6-15/h2-8,13-14,16H,9-12H2,1H3/t14-,16-/m1/s1. The van der Waals surface area contributed by atoms with Gasteiger partial charge in [0, 0.05) is 31.5 Å². The highest BCUT2D eigenvalue weighted by atomic mass is 16.5. The van der Waals surface area contributed by atoms with Crippen LogP contribution < -0.4 is 0 Å². The molecule has 3 rings (SSSR count). The zero-order chi connectivity index (χ0) is 13.8. The van der Waals surface area contributed by atoms with Gasteiger partial charge in [-0.3, -0.25) is 4.90 Å². The van der Waals surface area contributed by atoms with Crippen LogP contribution in [0.25, 0.3) is 0 Å². The van der Waals surface area contributed by atoms with E-state index in [0.29, 0.717) is 6.04 Å². The van der Waals surface area contributed by atoms with Gasteiger partial charge in [0.1, 0.15) is 0 Å². The third kappa shape index (κ3) is 2.76. The van der Waals surface area contributed by atoms with E-state index in [4.69, 9.17) is 4.74 Å². The van der Waals surface area contributed by atoms with Gasteiger partial charge in [0.15, 0.2) is 0 Å². The molecule has 1 aliphatic heterocycles. The molecule has 1 aromatic carbocycles. The highest BCUT2D eigenvalue weighted by Gasteiger charge is 2.27. The molecule has 0 saturated carbocycles. The first-order valence-electron chi connectivity index (χ1n) is 7.20. The minimum Gasteiger partial charge on any atom is -0.379 e. The van der Waals surface area contributed by atoms with Crippen LogP contribution in [-0.4, -0.2) is 46.8 Å². The van der Waals surface area contributed by atoms with Crippen LogP contribution in [0.5, 0.6) is 0 Å². The van der Waals surface area contributed by atoms with E-state index in [-0.39, 0.29) is 6.04 Å². The van der Waals surface area contributed by atoms with Gasteiger partial charge in [-0.25, -0.2) is 4.98 Å². The summed E-state index contributed by atoms with van der Waals surface area (Å²) in [6.45, 7) is 5.95. The van der Waals surface area contributed by atoms with E-state index in [1.807, 2.05) is 12.5 Å². The second kappa shape index (κ2) is 6.20. The van der Waals surface area contributed by atoms with Crippen LogP contribution in [0.1, 0.15) is 18.5 Å². The summed E-state index contributed by atoms with van der Waals surface area (Å²) < 4.78 is 7.67. The lowest BCUT2D eigenvalue weighted by atomic mass is 9.98. The van der Waals surface area contributed by atoms with Crippen LogP contribution in [0.3, 0.4) is 0 Å². The molecule has 106 valence electrons. The van der Waals surface area contributed by atoms with Gasteiger partial charge < -0.3 is 9.30 Å². The highest BCUT2D eigenvalue weighted by Crippen LogP contribution is 2.25. The number of aromatic nitrogens is 2. The Morgan fingerprint density at radius 2 is 1.90 bits per heavy atom. The first kappa shape index (κ1) is 13.3. The predicted molar refractivity (Wildman–Crippen MR) is 78.7 cm³/mol. The van der Waals surface area contributed by atoms with Crippen LogP contribution in [-0.2, 0) is 4.74 Å². The summed E-state index contributed by atoms with van der Waals surface area (Å²) in [5.74, 6) is 0. The smallest absolute Gasteiger partial charge is 0.0952 e. The Morgan fingerprint density at radius 1 is 1.15 bits per heavy atom. The van der Waals surface area contributed by atoms with E-state index < -0.39 is 0 Å². The summed E-state index contributed by atoms with van der Waals surface area (Å²) in [6, 6.07) is 11.4. The lowest BCUT2D eigenvalue weighted by Crippen LogP contribution is -2.46. The van der Waals surface area contributed by atoms with Gasteiger partial charge >= 0.3 is 0 Å². The van der Waals surface area contributed by atoms with Crippen molar-refractivity contribution in [3.8, 4) is 0 Å². The molecule has 0 aliphatic carbocycles. The van der Waals surface area contributed by atoms with Gasteiger partial charge in [-0.05, 0) is 12.5 Å². The lowest BCUT2D eigenvalue weighted by Gasteiger charge is -2.37. The normalized spacial score (nSPS) is 19.6. The molecule has 1 aliphatic rings. The summed E-state index contributed by atoms with van der Waals surface area (Å²) in [5, 5.41) is 0. The first-order valence-corrected chi connectivity index (χ1v) is 7.20. The van der Waals surface area contributed by atoms with Crippen molar-refractivity contribution in [2.75, 3.05) is 26.3 Å². The van der Waals surface area contributed by atoms with Crippen LogP contribution in [0.15, 0.2) is 49.1 Å². The minimum atomic E-state index is 0.289. The van der Waals surface area contributed by atoms with Crippen molar-refractivity contribution in [2.45, 2.75) is 19.0 Å². The molecular weight excluding hydrogens is 250 g/mol. The third-order valence-corrected chi connectivity index (χ3v) is 4.07. The molecule has 1 aromatic heterocycles. The SMILES string of the molecule is C[C@H]([C@H](c1ccccc1)n1ccnc1)N1CCOCC1. The summed E-state index contributed by atoms with van der Waals surface area (Å²) in [7, 11) is 0. The number of nitrogens with zero attached hydrogens (tertiary/aromatic N) is 3. The molecule has 0 bridgehead atoms. The quantitative estimate of drug-likeness (QED) is 0.854. The van der Waals surface area contributed by atoms with Crippen molar-refractivity contribution in [3.63, 3.8) is 0 Å². The fraction of sp³-hybridized carbons (Fsp3) is 0.438. The number of benzene rings is 1. The minimum absolute atomic E-state index is 0.289. The molecule has 0 spiro atoms. The molecule has 20 heavy (non-hydrogen) atoms. The largest absolute Gasteiger partial charge is 0.379 e. The topological polar surface area (TPSA) is 30.3 Å². The highest BCUT2D eigenvalue weighted by molar-refractivity contribution is 5.21. The Labute approximate surface area is 120 Å². The Morgan fingerprint density at radius 3 is 2.55 bits per heavy atom. The second-order valence-corrected chi connectivity index (χ2v) is 5.25. The molecule has 2 aromatic rings. The molecule has 4 heteroatoms. The maximum atomic E-state index is 5.47. The van der Waals surface area contributed by atoms with Gasteiger partial charge in [0.2, 0.25) is 0 Å². The lowest BCUT2D eigenvalue weighted by molar-refractivity contribution is 0.0124. The second-order valence-electron chi connectivity index (χ2n) is 5.25. The Bertz CT molecular complexity index is 506. The van der Waals surface area contributed by atoms with Crippen LogP contribution >= 0.6 is 0 Å². The molecule has 0 N–H and O–H groups in total. The fourth-order valence-corrected chi connectivity index (χ4v) is 2.97. The van der Waals surface area contributed by atoms with Crippen molar-refractivity contribution in [3.05, 3.63) is 54.6 Å². The van der Waals surface area contributed by atoms with E-state index >= 15 is 0 Å². The van der Waals surface area contributed by atoms with Crippen molar-refractivity contribution in [1.82, 2.24) is 14.5 Å². The van der Waals surface area contributed by atoms with Gasteiger partial charge in [-0.15, -0.1) is 0 Å². The Balaban J connectivity index is 1.89. The van der Waals surface area contributed by atoms with Gasteiger partial charge in [0.25, 0.3) is 0 Å². The van der Waals surface area contributed by atoms with Crippen LogP contribution in [0, 0.1) is 0 Å². The molecule has 0 amide bonds. The molecule has 0 unspecified atom stereocenters. The number of imidazole rings is 1. The summed E-state index contributed by atoms with van der Waals surface area (Å²) in [4.78, 5) is 6.72. The Kier molecular flexibility index (Phi) is 4.14. The molecule has 0 radical (unpaired) electrons. The van der Waals surface area contributed by atoms with Crippen molar-refractivity contribution < 1.29 is 4.74 Å². The van der Waals surface area contributed by atoms with Crippen LogP contribution in [0.2, 0.25) is 0 Å². The van der Waals surface area contributed by atoms with Gasteiger partial charge in [-0.1, -0.05) is 30.3 Å². The number of rotatable bonds is 4. The monoisotopic (exact) mass is 271 g/mol. The van der Waals surface area contributed by atoms with Gasteiger partial charge in [0.05, 0.1) is 25.6 Å². The molecular formula is C16H21N3O. The van der Waals surface area contributed by atoms with E-state index in [0.717, 1.165) is 26.3 Å². The molecule has 1 saturated heterocycles. The number of ether oxygens (including phenoxy) is 1. The Hall–Kier alpha value is -1.65. The fourth-order valence-electron chi connectivity index (χ4n) is 2.97. The number of hydrogen-bond acceptors (Lipinski definition) is 3. The van der Waals surface area contributed by atoms with E-state index in [1.54, 1.807) is 0 Å². The zero-order valence-electron chi connectivity index (χ0n) is 11.9. The summed E-state index contributed by atoms with van der Waals surface area (Å²) in [6.07, 6.45) is 5.81. The summed E-state index contributed by atoms with van der Waals surface area (Å²) in [5.41, 5.74) is 1.32. The average Bonchev–Trinajstić information content (AvgIpc) is 3.03. The maximum absolute atomic E-state index is 5.47. The number of hydrogen-bond donors (Lipinski definition) is 0.